The molecular weight excluding hydrogens is 264 g/mol. The van der Waals surface area contributed by atoms with E-state index in [4.69, 9.17) is 4.74 Å². The third-order valence-corrected chi connectivity index (χ3v) is 4.02. The van der Waals surface area contributed by atoms with Gasteiger partial charge in [-0.2, -0.15) is 0 Å². The van der Waals surface area contributed by atoms with Crippen molar-refractivity contribution in [1.82, 2.24) is 4.90 Å². The van der Waals surface area contributed by atoms with Crippen LogP contribution in [0.2, 0.25) is 0 Å². The number of nitrogens with one attached hydrogen (secondary N) is 1. The highest BCUT2D eigenvalue weighted by atomic mass is 16.6. The number of hydrogen-bond acceptors (Lipinski definition) is 3. The number of hydrogen-bond donors (Lipinski definition) is 1. The number of nitrogens with zero attached hydrogens (tertiary/aromatic N) is 1. The molecule has 0 fully saturated rings. The molecule has 1 aliphatic heterocycles. The van der Waals surface area contributed by atoms with Crippen molar-refractivity contribution in [3.05, 3.63) is 41.5 Å². The predicted octanol–water partition coefficient (Wildman–Crippen LogP) is 3.40. The van der Waals surface area contributed by atoms with Crippen molar-refractivity contribution in [2.24, 2.45) is 0 Å². The van der Waals surface area contributed by atoms with Gasteiger partial charge in [0.05, 0.1) is 6.61 Å². The number of fused-ring (bicyclic) bond motifs is 2. The SMILES string of the molecule is CCOC(=O)N1CCc2c(cc3ccccc3c2NC)C1. The van der Waals surface area contributed by atoms with Crippen LogP contribution < -0.4 is 5.32 Å². The highest BCUT2D eigenvalue weighted by molar-refractivity contribution is 5.96. The van der Waals surface area contributed by atoms with E-state index in [9.17, 15) is 4.79 Å². The lowest BCUT2D eigenvalue weighted by Crippen LogP contribution is -2.36. The second-order valence-electron chi connectivity index (χ2n) is 5.23. The molecular formula is C17H20N2O2. The normalized spacial score (nSPS) is 13.9. The number of amides is 1. The van der Waals surface area contributed by atoms with E-state index >= 15 is 0 Å². The first-order valence-electron chi connectivity index (χ1n) is 7.37. The molecule has 0 saturated heterocycles. The molecule has 2 aromatic rings. The second kappa shape index (κ2) is 5.64. The van der Waals surface area contributed by atoms with E-state index in [0.29, 0.717) is 19.7 Å². The average Bonchev–Trinajstić information content (AvgIpc) is 2.52. The first-order valence-corrected chi connectivity index (χ1v) is 7.37. The average molecular weight is 284 g/mol. The summed E-state index contributed by atoms with van der Waals surface area (Å²) in [6.45, 7) is 3.58. The van der Waals surface area contributed by atoms with Crippen molar-refractivity contribution in [2.45, 2.75) is 19.9 Å². The van der Waals surface area contributed by atoms with Gasteiger partial charge in [-0.25, -0.2) is 4.79 Å². The van der Waals surface area contributed by atoms with E-state index in [-0.39, 0.29) is 6.09 Å². The predicted molar refractivity (Wildman–Crippen MR) is 84.6 cm³/mol. The van der Waals surface area contributed by atoms with Crippen LogP contribution in [0.1, 0.15) is 18.1 Å². The van der Waals surface area contributed by atoms with Crippen LogP contribution in [0.3, 0.4) is 0 Å². The summed E-state index contributed by atoms with van der Waals surface area (Å²) in [7, 11) is 1.96. The monoisotopic (exact) mass is 284 g/mol. The molecule has 3 rings (SSSR count). The molecule has 0 aromatic heterocycles. The summed E-state index contributed by atoms with van der Waals surface area (Å²) in [6, 6.07) is 10.5. The molecule has 4 heteroatoms. The Morgan fingerprint density at radius 3 is 2.95 bits per heavy atom. The van der Waals surface area contributed by atoms with Gasteiger partial charge in [0, 0.05) is 31.2 Å². The Morgan fingerprint density at radius 2 is 2.19 bits per heavy atom. The highest BCUT2D eigenvalue weighted by Gasteiger charge is 2.24. The van der Waals surface area contributed by atoms with Gasteiger partial charge in [0.15, 0.2) is 0 Å². The lowest BCUT2D eigenvalue weighted by molar-refractivity contribution is 0.103. The van der Waals surface area contributed by atoms with Crippen molar-refractivity contribution in [3.63, 3.8) is 0 Å². The van der Waals surface area contributed by atoms with Crippen molar-refractivity contribution in [2.75, 3.05) is 25.5 Å². The largest absolute Gasteiger partial charge is 0.450 e. The number of ether oxygens (including phenoxy) is 1. The highest BCUT2D eigenvalue weighted by Crippen LogP contribution is 2.34. The van der Waals surface area contributed by atoms with Gasteiger partial charge in [0.2, 0.25) is 0 Å². The number of carbonyl (C=O) groups excluding carboxylic acids is 1. The van der Waals surface area contributed by atoms with E-state index in [2.05, 4.69) is 29.6 Å². The fourth-order valence-corrected chi connectivity index (χ4v) is 3.06. The van der Waals surface area contributed by atoms with Crippen molar-refractivity contribution >= 4 is 22.6 Å². The molecule has 1 amide bonds. The third kappa shape index (κ3) is 2.42. The number of benzene rings is 2. The zero-order valence-corrected chi connectivity index (χ0v) is 12.5. The first-order chi connectivity index (χ1) is 10.2. The van der Waals surface area contributed by atoms with E-state index in [1.54, 1.807) is 4.90 Å². The Morgan fingerprint density at radius 1 is 1.38 bits per heavy atom. The molecule has 0 saturated carbocycles. The molecule has 0 spiro atoms. The van der Waals surface area contributed by atoms with Gasteiger partial charge in [-0.15, -0.1) is 0 Å². The van der Waals surface area contributed by atoms with Crippen LogP contribution in [0, 0.1) is 0 Å². The van der Waals surface area contributed by atoms with Crippen LogP contribution in [0.25, 0.3) is 10.8 Å². The molecule has 4 nitrogen and oxygen atoms in total. The van der Waals surface area contributed by atoms with Crippen LogP contribution in [0.15, 0.2) is 30.3 Å². The Kier molecular flexibility index (Phi) is 3.69. The van der Waals surface area contributed by atoms with Gasteiger partial charge in [-0.1, -0.05) is 24.3 Å². The zero-order valence-electron chi connectivity index (χ0n) is 12.5. The topological polar surface area (TPSA) is 41.6 Å². The van der Waals surface area contributed by atoms with E-state index in [1.807, 2.05) is 20.0 Å². The maximum Gasteiger partial charge on any atom is 0.410 e. The summed E-state index contributed by atoms with van der Waals surface area (Å²) in [4.78, 5) is 13.7. The summed E-state index contributed by atoms with van der Waals surface area (Å²) in [6.07, 6.45) is 0.636. The molecule has 0 bridgehead atoms. The summed E-state index contributed by atoms with van der Waals surface area (Å²) in [5.41, 5.74) is 3.71. The van der Waals surface area contributed by atoms with Crippen molar-refractivity contribution in [3.8, 4) is 0 Å². The fourth-order valence-electron chi connectivity index (χ4n) is 3.06. The van der Waals surface area contributed by atoms with Gasteiger partial charge in [-0.05, 0) is 35.9 Å². The smallest absolute Gasteiger partial charge is 0.410 e. The van der Waals surface area contributed by atoms with Crippen LogP contribution in [0.5, 0.6) is 0 Å². The summed E-state index contributed by atoms with van der Waals surface area (Å²) >= 11 is 0. The lowest BCUT2D eigenvalue weighted by Gasteiger charge is -2.30. The van der Waals surface area contributed by atoms with Crippen LogP contribution >= 0.6 is 0 Å². The summed E-state index contributed by atoms with van der Waals surface area (Å²) in [5, 5.41) is 5.77. The van der Waals surface area contributed by atoms with E-state index in [1.165, 1.54) is 27.6 Å². The number of rotatable bonds is 2. The van der Waals surface area contributed by atoms with Gasteiger partial charge in [-0.3, -0.25) is 0 Å². The fraction of sp³-hybridized carbons (Fsp3) is 0.353. The minimum Gasteiger partial charge on any atom is -0.450 e. The maximum absolute atomic E-state index is 11.9. The Labute approximate surface area is 124 Å². The lowest BCUT2D eigenvalue weighted by atomic mass is 9.93. The molecule has 1 N–H and O–H groups in total. The minimum atomic E-state index is -0.220. The maximum atomic E-state index is 11.9. The van der Waals surface area contributed by atoms with Gasteiger partial charge >= 0.3 is 6.09 Å². The molecule has 0 aliphatic carbocycles. The van der Waals surface area contributed by atoms with Crippen LogP contribution in [0.4, 0.5) is 10.5 Å². The van der Waals surface area contributed by atoms with Crippen LogP contribution in [-0.4, -0.2) is 31.2 Å². The molecule has 110 valence electrons. The summed E-state index contributed by atoms with van der Waals surface area (Å²) < 4.78 is 5.11. The van der Waals surface area contributed by atoms with Crippen LogP contribution in [-0.2, 0) is 17.7 Å². The third-order valence-electron chi connectivity index (χ3n) is 4.02. The first kappa shape index (κ1) is 13.7. The number of anilines is 1. The van der Waals surface area contributed by atoms with Crippen molar-refractivity contribution < 1.29 is 9.53 Å². The number of carbonyl (C=O) groups is 1. The minimum absolute atomic E-state index is 0.220. The molecule has 21 heavy (non-hydrogen) atoms. The Balaban J connectivity index is 2.02. The standard InChI is InChI=1S/C17H20N2O2/c1-3-21-17(20)19-9-8-15-13(11-19)10-12-6-4-5-7-14(12)16(15)18-2/h4-7,10,18H,3,8-9,11H2,1-2H3. The quantitative estimate of drug-likeness (QED) is 0.919. The van der Waals surface area contributed by atoms with Gasteiger partial charge < -0.3 is 15.0 Å². The van der Waals surface area contributed by atoms with Crippen molar-refractivity contribution in [1.29, 1.82) is 0 Å². The van der Waals surface area contributed by atoms with E-state index < -0.39 is 0 Å². The van der Waals surface area contributed by atoms with E-state index in [0.717, 1.165) is 6.42 Å². The Bertz CT molecular complexity index is 682. The van der Waals surface area contributed by atoms with Gasteiger partial charge in [0.1, 0.15) is 0 Å². The Hall–Kier alpha value is -2.23. The summed E-state index contributed by atoms with van der Waals surface area (Å²) in [5.74, 6) is 0. The zero-order chi connectivity index (χ0) is 14.8. The molecule has 0 atom stereocenters. The molecule has 2 aromatic carbocycles. The molecule has 0 radical (unpaired) electrons. The molecule has 1 aliphatic rings. The molecule has 1 heterocycles. The second-order valence-corrected chi connectivity index (χ2v) is 5.23. The molecule has 0 unspecified atom stereocenters. The van der Waals surface area contributed by atoms with Gasteiger partial charge in [0.25, 0.3) is 0 Å².